The van der Waals surface area contributed by atoms with Gasteiger partial charge in [0.25, 0.3) is 0 Å². The Labute approximate surface area is 162 Å². The van der Waals surface area contributed by atoms with E-state index in [1.165, 1.54) is 0 Å². The van der Waals surface area contributed by atoms with Crippen LogP contribution in [-0.2, 0) is 16.6 Å². The van der Waals surface area contributed by atoms with E-state index in [-0.39, 0.29) is 5.97 Å². The molecule has 1 aliphatic rings. The fraction of sp³-hybridized carbons (Fsp3) is 0.368. The predicted molar refractivity (Wildman–Crippen MR) is 104 cm³/mol. The van der Waals surface area contributed by atoms with E-state index in [1.54, 1.807) is 10.7 Å². The number of aryl methyl sites for hydroxylation is 2. The Morgan fingerprint density at radius 2 is 2.08 bits per heavy atom. The van der Waals surface area contributed by atoms with Crippen LogP contribution in [0.5, 0.6) is 0 Å². The third-order valence-electron chi connectivity index (χ3n) is 4.51. The lowest BCUT2D eigenvalue weighted by molar-refractivity contribution is -0.139. The van der Waals surface area contributed by atoms with Gasteiger partial charge in [-0.1, -0.05) is 42.3 Å². The molecule has 0 spiro atoms. The molecule has 0 fully saturated rings. The number of anilines is 1. The molecule has 26 heavy (non-hydrogen) atoms. The monoisotopic (exact) mass is 393 g/mol. The summed E-state index contributed by atoms with van der Waals surface area (Å²) >= 11 is 12.8. The molecule has 1 atom stereocenters. The van der Waals surface area contributed by atoms with Crippen LogP contribution >= 0.6 is 23.2 Å². The summed E-state index contributed by atoms with van der Waals surface area (Å²) in [6.45, 7) is 6.10. The van der Waals surface area contributed by atoms with Gasteiger partial charge in [-0.3, -0.25) is 4.68 Å². The summed E-state index contributed by atoms with van der Waals surface area (Å²) in [5.74, 6) is 0.0929. The van der Waals surface area contributed by atoms with Gasteiger partial charge in [-0.2, -0.15) is 5.10 Å². The van der Waals surface area contributed by atoms with E-state index in [9.17, 15) is 4.79 Å². The van der Waals surface area contributed by atoms with Crippen molar-refractivity contribution in [2.45, 2.75) is 33.1 Å². The number of nitrogens with zero attached hydrogens (tertiary/aromatic N) is 2. The zero-order chi connectivity index (χ0) is 19.0. The highest BCUT2D eigenvalue weighted by molar-refractivity contribution is 6.42. The van der Waals surface area contributed by atoms with Crippen LogP contribution in [0.2, 0.25) is 10.0 Å². The van der Waals surface area contributed by atoms with Gasteiger partial charge in [-0.25, -0.2) is 4.79 Å². The number of aromatic nitrogens is 2. The van der Waals surface area contributed by atoms with Crippen LogP contribution in [-0.4, -0.2) is 22.4 Å². The third-order valence-corrected chi connectivity index (χ3v) is 5.34. The van der Waals surface area contributed by atoms with Gasteiger partial charge in [0.1, 0.15) is 5.82 Å². The number of allylic oxidation sites excluding steroid dienone is 1. The van der Waals surface area contributed by atoms with Crippen LogP contribution in [0.4, 0.5) is 5.82 Å². The molecule has 5 nitrogen and oxygen atoms in total. The summed E-state index contributed by atoms with van der Waals surface area (Å²) in [6.07, 6.45) is 0.755. The molecule has 2 aromatic rings. The van der Waals surface area contributed by atoms with Gasteiger partial charge < -0.3 is 10.1 Å². The van der Waals surface area contributed by atoms with E-state index in [0.29, 0.717) is 22.2 Å². The van der Waals surface area contributed by atoms with Gasteiger partial charge in [0.15, 0.2) is 0 Å². The number of hydrogen-bond acceptors (Lipinski definition) is 4. The van der Waals surface area contributed by atoms with Crippen molar-refractivity contribution in [3.8, 4) is 0 Å². The maximum absolute atomic E-state index is 12.9. The summed E-state index contributed by atoms with van der Waals surface area (Å²) in [5.41, 5.74) is 3.75. The molecule has 0 bridgehead atoms. The number of benzene rings is 1. The Balaban J connectivity index is 2.23. The summed E-state index contributed by atoms with van der Waals surface area (Å²) in [7, 11) is 1.86. The lowest BCUT2D eigenvalue weighted by Crippen LogP contribution is -2.25. The van der Waals surface area contributed by atoms with Crippen molar-refractivity contribution >= 4 is 35.0 Å². The van der Waals surface area contributed by atoms with Gasteiger partial charge in [0, 0.05) is 24.2 Å². The minimum absolute atomic E-state index is 0.355. The SMILES string of the molecule is CCCOC(=O)C1=C(C)Nc2c(c(C)nn2C)C1c1cccc(Cl)c1Cl. The number of carbonyl (C=O) groups excluding carboxylic acids is 1. The first kappa shape index (κ1) is 18.8. The van der Waals surface area contributed by atoms with Crippen molar-refractivity contribution in [2.24, 2.45) is 7.05 Å². The number of fused-ring (bicyclic) bond motifs is 1. The van der Waals surface area contributed by atoms with Crippen LogP contribution < -0.4 is 5.32 Å². The molecule has 1 unspecified atom stereocenters. The summed E-state index contributed by atoms with van der Waals surface area (Å²) in [6, 6.07) is 5.46. The van der Waals surface area contributed by atoms with Crippen LogP contribution in [0.3, 0.4) is 0 Å². The Morgan fingerprint density at radius 3 is 2.77 bits per heavy atom. The highest BCUT2D eigenvalue weighted by Gasteiger charge is 2.37. The highest BCUT2D eigenvalue weighted by atomic mass is 35.5. The van der Waals surface area contributed by atoms with Gasteiger partial charge in [0.2, 0.25) is 0 Å². The fourth-order valence-corrected chi connectivity index (χ4v) is 3.79. The molecular weight excluding hydrogens is 373 g/mol. The van der Waals surface area contributed by atoms with Crippen LogP contribution in [0.1, 0.15) is 43.0 Å². The molecule has 3 rings (SSSR count). The number of esters is 1. The van der Waals surface area contributed by atoms with Crippen molar-refractivity contribution in [3.63, 3.8) is 0 Å². The number of carbonyl (C=O) groups is 1. The second-order valence-corrected chi connectivity index (χ2v) is 7.13. The number of rotatable bonds is 4. The summed E-state index contributed by atoms with van der Waals surface area (Å²) < 4.78 is 7.22. The average molecular weight is 394 g/mol. The Hall–Kier alpha value is -1.98. The highest BCUT2D eigenvalue weighted by Crippen LogP contribution is 2.46. The second-order valence-electron chi connectivity index (χ2n) is 6.35. The van der Waals surface area contributed by atoms with Crippen LogP contribution in [0, 0.1) is 6.92 Å². The zero-order valence-corrected chi connectivity index (χ0v) is 16.7. The number of nitrogens with one attached hydrogen (secondary N) is 1. The lowest BCUT2D eigenvalue weighted by Gasteiger charge is -2.29. The first-order valence-corrected chi connectivity index (χ1v) is 9.24. The first-order valence-electron chi connectivity index (χ1n) is 8.49. The molecule has 0 saturated heterocycles. The molecule has 138 valence electrons. The molecule has 1 N–H and O–H groups in total. The molecule has 2 heterocycles. The van der Waals surface area contributed by atoms with Crippen LogP contribution in [0.15, 0.2) is 29.5 Å². The Morgan fingerprint density at radius 1 is 1.35 bits per heavy atom. The predicted octanol–water partition coefficient (Wildman–Crippen LogP) is 4.82. The first-order chi connectivity index (χ1) is 12.4. The van der Waals surface area contributed by atoms with E-state index in [1.807, 2.05) is 40.0 Å². The van der Waals surface area contributed by atoms with E-state index in [2.05, 4.69) is 10.4 Å². The molecule has 1 aromatic heterocycles. The van der Waals surface area contributed by atoms with E-state index in [4.69, 9.17) is 27.9 Å². The molecule has 0 radical (unpaired) electrons. The topological polar surface area (TPSA) is 56.1 Å². The normalized spacial score (nSPS) is 16.3. The molecule has 0 aliphatic carbocycles. The Kier molecular flexibility index (Phi) is 5.30. The van der Waals surface area contributed by atoms with Crippen LogP contribution in [0.25, 0.3) is 0 Å². The van der Waals surface area contributed by atoms with Crippen molar-refractivity contribution in [3.05, 3.63) is 56.3 Å². The van der Waals surface area contributed by atoms with Crippen molar-refractivity contribution in [1.29, 1.82) is 0 Å². The molecule has 0 amide bonds. The molecule has 7 heteroatoms. The van der Waals surface area contributed by atoms with E-state index >= 15 is 0 Å². The molecule has 1 aliphatic heterocycles. The number of halogens is 2. The quantitative estimate of drug-likeness (QED) is 0.756. The fourth-order valence-electron chi connectivity index (χ4n) is 3.37. The summed E-state index contributed by atoms with van der Waals surface area (Å²) in [4.78, 5) is 12.9. The second kappa shape index (κ2) is 7.33. The lowest BCUT2D eigenvalue weighted by atomic mass is 9.81. The number of hydrogen-bond donors (Lipinski definition) is 1. The van der Waals surface area contributed by atoms with E-state index < -0.39 is 5.92 Å². The summed E-state index contributed by atoms with van der Waals surface area (Å²) in [5, 5.41) is 8.69. The van der Waals surface area contributed by atoms with Crippen molar-refractivity contribution in [1.82, 2.24) is 9.78 Å². The minimum atomic E-state index is -0.393. The van der Waals surface area contributed by atoms with Gasteiger partial charge in [0.05, 0.1) is 27.9 Å². The smallest absolute Gasteiger partial charge is 0.336 e. The van der Waals surface area contributed by atoms with Crippen molar-refractivity contribution in [2.75, 3.05) is 11.9 Å². The molecule has 1 aromatic carbocycles. The minimum Gasteiger partial charge on any atom is -0.462 e. The standard InChI is InChI=1S/C19H21Cl2N3O2/c1-5-9-26-19(25)15-10(2)22-18-14(11(3)23-24(18)4)16(15)12-7-6-8-13(20)17(12)21/h6-8,16,22H,5,9H2,1-4H3. The zero-order valence-electron chi connectivity index (χ0n) is 15.2. The maximum Gasteiger partial charge on any atom is 0.336 e. The van der Waals surface area contributed by atoms with Gasteiger partial charge in [-0.15, -0.1) is 0 Å². The number of ether oxygens (including phenoxy) is 1. The Bertz CT molecular complexity index is 902. The molecular formula is C19H21Cl2N3O2. The average Bonchev–Trinajstić information content (AvgIpc) is 2.88. The molecule has 0 saturated carbocycles. The van der Waals surface area contributed by atoms with Gasteiger partial charge in [-0.05, 0) is 31.9 Å². The third kappa shape index (κ3) is 3.10. The maximum atomic E-state index is 12.9. The van der Waals surface area contributed by atoms with Gasteiger partial charge >= 0.3 is 5.97 Å². The van der Waals surface area contributed by atoms with Crippen molar-refractivity contribution < 1.29 is 9.53 Å². The largest absolute Gasteiger partial charge is 0.462 e. The van der Waals surface area contributed by atoms with E-state index in [0.717, 1.165) is 34.8 Å².